The smallest absolute Gasteiger partial charge is 0.254 e. The number of para-hydroxylation sites is 1. The van der Waals surface area contributed by atoms with E-state index in [1.54, 1.807) is 4.90 Å². The maximum atomic E-state index is 12.5. The van der Waals surface area contributed by atoms with Crippen molar-refractivity contribution in [2.24, 2.45) is 0 Å². The molecule has 1 amide bonds. The Bertz CT molecular complexity index is 1560. The Kier molecular flexibility index (Phi) is 4.34. The zero-order chi connectivity index (χ0) is 22.5. The maximum absolute atomic E-state index is 12.5. The SMILES string of the molecule is C=C(Nc1cccc2c1[nH]c1ccc(-c3ccc4c(c3)C(=O)N(C)C4)cc12)c1ccccc1. The molecule has 0 fully saturated rings. The first-order chi connectivity index (χ1) is 16.1. The van der Waals surface area contributed by atoms with Crippen molar-refractivity contribution < 1.29 is 4.79 Å². The monoisotopic (exact) mass is 429 g/mol. The van der Waals surface area contributed by atoms with Gasteiger partial charge >= 0.3 is 0 Å². The number of H-pyrrole nitrogens is 1. The lowest BCUT2D eigenvalue weighted by atomic mass is 9.99. The number of fused-ring (bicyclic) bond motifs is 4. The van der Waals surface area contributed by atoms with Crippen LogP contribution < -0.4 is 5.32 Å². The number of carbonyl (C=O) groups excluding carboxylic acids is 1. The molecule has 0 unspecified atom stereocenters. The Labute approximate surface area is 192 Å². The molecular formula is C29H23N3O. The summed E-state index contributed by atoms with van der Waals surface area (Å²) in [6, 6.07) is 29.0. The lowest BCUT2D eigenvalue weighted by Gasteiger charge is -2.10. The molecule has 0 atom stereocenters. The van der Waals surface area contributed by atoms with Crippen LogP contribution in [0, 0.1) is 0 Å². The van der Waals surface area contributed by atoms with Crippen molar-refractivity contribution >= 4 is 39.1 Å². The van der Waals surface area contributed by atoms with E-state index >= 15 is 0 Å². The number of nitrogens with zero attached hydrogens (tertiary/aromatic N) is 1. The summed E-state index contributed by atoms with van der Waals surface area (Å²) < 4.78 is 0. The fraction of sp³-hybridized carbons (Fsp3) is 0.0690. The molecule has 2 N–H and O–H groups in total. The highest BCUT2D eigenvalue weighted by molar-refractivity contribution is 6.13. The van der Waals surface area contributed by atoms with E-state index in [0.717, 1.165) is 61.0 Å². The normalized spacial score (nSPS) is 13.0. The molecule has 0 spiro atoms. The average Bonchev–Trinajstić information content (AvgIpc) is 3.36. The second-order valence-electron chi connectivity index (χ2n) is 8.62. The van der Waals surface area contributed by atoms with E-state index in [2.05, 4.69) is 65.4 Å². The molecule has 1 aromatic heterocycles. The molecule has 4 heteroatoms. The zero-order valence-electron chi connectivity index (χ0n) is 18.4. The van der Waals surface area contributed by atoms with Gasteiger partial charge in [-0.15, -0.1) is 0 Å². The Morgan fingerprint density at radius 2 is 1.70 bits per heavy atom. The third-order valence-corrected chi connectivity index (χ3v) is 6.47. The lowest BCUT2D eigenvalue weighted by Crippen LogP contribution is -2.17. The van der Waals surface area contributed by atoms with Crippen molar-refractivity contribution in [3.05, 3.63) is 108 Å². The van der Waals surface area contributed by atoms with Crippen molar-refractivity contribution in [1.29, 1.82) is 0 Å². The van der Waals surface area contributed by atoms with Gasteiger partial charge in [0.15, 0.2) is 0 Å². The highest BCUT2D eigenvalue weighted by Crippen LogP contribution is 2.35. The number of hydrogen-bond acceptors (Lipinski definition) is 2. The summed E-state index contributed by atoms with van der Waals surface area (Å²) in [5.41, 5.74) is 9.08. The van der Waals surface area contributed by atoms with Gasteiger partial charge in [0.25, 0.3) is 5.91 Å². The van der Waals surface area contributed by atoms with E-state index in [0.29, 0.717) is 6.54 Å². The number of hydrogen-bond donors (Lipinski definition) is 2. The van der Waals surface area contributed by atoms with Crippen LogP contribution in [-0.4, -0.2) is 22.8 Å². The van der Waals surface area contributed by atoms with Gasteiger partial charge in [0, 0.05) is 41.1 Å². The van der Waals surface area contributed by atoms with Crippen LogP contribution in [0.2, 0.25) is 0 Å². The molecule has 0 saturated heterocycles. The molecule has 1 aliphatic rings. The summed E-state index contributed by atoms with van der Waals surface area (Å²) in [7, 11) is 1.85. The Balaban J connectivity index is 1.41. The van der Waals surface area contributed by atoms with Gasteiger partial charge in [-0.3, -0.25) is 4.79 Å². The van der Waals surface area contributed by atoms with Crippen LogP contribution in [0.5, 0.6) is 0 Å². The predicted octanol–water partition coefficient (Wildman–Crippen LogP) is 6.66. The second kappa shape index (κ2) is 7.38. The first-order valence-electron chi connectivity index (χ1n) is 11.0. The summed E-state index contributed by atoms with van der Waals surface area (Å²) in [5.74, 6) is 0.0920. The molecule has 33 heavy (non-hydrogen) atoms. The van der Waals surface area contributed by atoms with Gasteiger partial charge in [0.1, 0.15) is 0 Å². The van der Waals surface area contributed by atoms with E-state index in [1.807, 2.05) is 43.4 Å². The molecular weight excluding hydrogens is 406 g/mol. The van der Waals surface area contributed by atoms with Crippen LogP contribution in [0.15, 0.2) is 91.5 Å². The number of amides is 1. The van der Waals surface area contributed by atoms with E-state index in [4.69, 9.17) is 0 Å². The lowest BCUT2D eigenvalue weighted by molar-refractivity contribution is 0.0816. The average molecular weight is 430 g/mol. The van der Waals surface area contributed by atoms with E-state index < -0.39 is 0 Å². The number of carbonyl (C=O) groups is 1. The molecule has 0 bridgehead atoms. The van der Waals surface area contributed by atoms with Gasteiger partial charge < -0.3 is 15.2 Å². The first kappa shape index (κ1) is 19.4. The van der Waals surface area contributed by atoms with Crippen LogP contribution in [0.1, 0.15) is 21.5 Å². The molecule has 4 nitrogen and oxygen atoms in total. The number of anilines is 1. The Morgan fingerprint density at radius 3 is 2.55 bits per heavy atom. The summed E-state index contributed by atoms with van der Waals surface area (Å²) in [4.78, 5) is 17.8. The minimum absolute atomic E-state index is 0.0920. The largest absolute Gasteiger partial charge is 0.354 e. The van der Waals surface area contributed by atoms with Gasteiger partial charge in [-0.1, -0.05) is 67.2 Å². The molecule has 0 aliphatic carbocycles. The molecule has 0 saturated carbocycles. The molecule has 4 aromatic carbocycles. The standard InChI is InChI=1S/C29H23N3O/c1-18(19-7-4-3-5-8-19)30-27-10-6-9-23-25-16-21(13-14-26(25)31-28(23)27)20-11-12-22-17-32(2)29(33)24(22)15-20/h3-16,30-31H,1,17H2,2H3. The van der Waals surface area contributed by atoms with Crippen molar-refractivity contribution in [3.8, 4) is 11.1 Å². The molecule has 160 valence electrons. The van der Waals surface area contributed by atoms with Crippen LogP contribution in [0.25, 0.3) is 38.6 Å². The molecule has 5 aromatic rings. The predicted molar refractivity (Wildman–Crippen MR) is 136 cm³/mol. The van der Waals surface area contributed by atoms with Crippen LogP contribution in [-0.2, 0) is 6.54 Å². The van der Waals surface area contributed by atoms with Crippen molar-refractivity contribution in [3.63, 3.8) is 0 Å². The number of aromatic amines is 1. The maximum Gasteiger partial charge on any atom is 0.254 e. The minimum atomic E-state index is 0.0920. The number of benzene rings is 4. The van der Waals surface area contributed by atoms with E-state index in [9.17, 15) is 4.79 Å². The summed E-state index contributed by atoms with van der Waals surface area (Å²) >= 11 is 0. The first-order valence-corrected chi connectivity index (χ1v) is 11.0. The van der Waals surface area contributed by atoms with Crippen LogP contribution in [0.4, 0.5) is 5.69 Å². The zero-order valence-corrected chi connectivity index (χ0v) is 18.4. The third kappa shape index (κ3) is 3.19. The fourth-order valence-corrected chi connectivity index (χ4v) is 4.71. The Morgan fingerprint density at radius 1 is 0.909 bits per heavy atom. The van der Waals surface area contributed by atoms with Crippen molar-refractivity contribution in [2.45, 2.75) is 6.54 Å². The number of nitrogens with one attached hydrogen (secondary N) is 2. The van der Waals surface area contributed by atoms with Crippen molar-refractivity contribution in [2.75, 3.05) is 12.4 Å². The fourth-order valence-electron chi connectivity index (χ4n) is 4.71. The van der Waals surface area contributed by atoms with Crippen LogP contribution >= 0.6 is 0 Å². The highest BCUT2D eigenvalue weighted by Gasteiger charge is 2.24. The second-order valence-corrected chi connectivity index (χ2v) is 8.62. The minimum Gasteiger partial charge on any atom is -0.354 e. The topological polar surface area (TPSA) is 48.1 Å². The van der Waals surface area contributed by atoms with Gasteiger partial charge in [0.05, 0.1) is 11.2 Å². The quantitative estimate of drug-likeness (QED) is 0.336. The summed E-state index contributed by atoms with van der Waals surface area (Å²) in [6.45, 7) is 4.90. The number of aromatic nitrogens is 1. The van der Waals surface area contributed by atoms with Crippen molar-refractivity contribution in [1.82, 2.24) is 9.88 Å². The summed E-state index contributed by atoms with van der Waals surface area (Å²) in [5, 5.41) is 5.78. The molecule has 2 heterocycles. The Hall–Kier alpha value is -4.31. The van der Waals surface area contributed by atoms with E-state index in [-0.39, 0.29) is 5.91 Å². The third-order valence-electron chi connectivity index (χ3n) is 6.47. The molecule has 6 rings (SSSR count). The summed E-state index contributed by atoms with van der Waals surface area (Å²) in [6.07, 6.45) is 0. The van der Waals surface area contributed by atoms with Crippen LogP contribution in [0.3, 0.4) is 0 Å². The van der Waals surface area contributed by atoms with Gasteiger partial charge in [-0.05, 0) is 46.5 Å². The van der Waals surface area contributed by atoms with Gasteiger partial charge in [-0.2, -0.15) is 0 Å². The van der Waals surface area contributed by atoms with Gasteiger partial charge in [-0.25, -0.2) is 0 Å². The highest BCUT2D eigenvalue weighted by atomic mass is 16.2. The molecule has 1 aliphatic heterocycles. The number of rotatable bonds is 4. The molecule has 0 radical (unpaired) electrons. The van der Waals surface area contributed by atoms with E-state index in [1.165, 1.54) is 0 Å². The van der Waals surface area contributed by atoms with Gasteiger partial charge in [0.2, 0.25) is 0 Å².